The summed E-state index contributed by atoms with van der Waals surface area (Å²) in [5, 5.41) is 15.2. The zero-order valence-electron chi connectivity index (χ0n) is 15.5. The summed E-state index contributed by atoms with van der Waals surface area (Å²) in [5.74, 6) is -0.0685. The molecule has 3 N–H and O–H groups in total. The number of primary amides is 1. The monoisotopic (exact) mass is 403 g/mol. The van der Waals surface area contributed by atoms with Crippen molar-refractivity contribution in [3.8, 4) is 5.88 Å². The van der Waals surface area contributed by atoms with Gasteiger partial charge < -0.3 is 10.8 Å². The summed E-state index contributed by atoms with van der Waals surface area (Å²) in [4.78, 5) is 19.4. The van der Waals surface area contributed by atoms with Crippen LogP contribution in [-0.2, 0) is 11.2 Å². The van der Waals surface area contributed by atoms with Crippen molar-refractivity contribution in [1.29, 1.82) is 0 Å². The molecule has 0 bridgehead atoms. The topological polar surface area (TPSA) is 96.8 Å². The smallest absolute Gasteiger partial charge is 0.230 e. The summed E-state index contributed by atoms with van der Waals surface area (Å²) in [7, 11) is 0. The molecule has 9 heteroatoms. The molecule has 28 heavy (non-hydrogen) atoms. The molecule has 148 valence electrons. The third-order valence-electron chi connectivity index (χ3n) is 5.27. The first kappa shape index (κ1) is 18.8. The van der Waals surface area contributed by atoms with Gasteiger partial charge in [0.05, 0.1) is 10.9 Å². The number of rotatable bonds is 5. The molecule has 1 aromatic carbocycles. The number of carbonyl (C=O) groups excluding carboxylic acids is 1. The number of thiazole rings is 1. The van der Waals surface area contributed by atoms with Crippen LogP contribution in [-0.4, -0.2) is 43.6 Å². The fourth-order valence-corrected chi connectivity index (χ4v) is 4.90. The number of hydrogen-bond donors (Lipinski definition) is 2. The Labute approximate surface area is 165 Å². The van der Waals surface area contributed by atoms with E-state index in [1.165, 1.54) is 28.0 Å². The first-order chi connectivity index (χ1) is 13.5. The third-order valence-corrected chi connectivity index (χ3v) is 6.34. The molecule has 1 fully saturated rings. The van der Waals surface area contributed by atoms with Crippen molar-refractivity contribution in [2.75, 3.05) is 13.1 Å². The van der Waals surface area contributed by atoms with E-state index in [4.69, 9.17) is 5.73 Å². The number of piperidine rings is 1. The second kappa shape index (κ2) is 7.48. The number of aromatic hydroxyl groups is 1. The lowest BCUT2D eigenvalue weighted by Crippen LogP contribution is -2.40. The zero-order chi connectivity index (χ0) is 19.8. The van der Waals surface area contributed by atoms with Gasteiger partial charge in [0.1, 0.15) is 5.82 Å². The van der Waals surface area contributed by atoms with Gasteiger partial charge in [0.2, 0.25) is 16.7 Å². The Morgan fingerprint density at radius 3 is 2.79 bits per heavy atom. The van der Waals surface area contributed by atoms with E-state index in [0.29, 0.717) is 48.0 Å². The Kier molecular flexibility index (Phi) is 5.03. The zero-order valence-corrected chi connectivity index (χ0v) is 16.3. The third kappa shape index (κ3) is 3.35. The number of nitrogens with zero attached hydrogens (tertiary/aromatic N) is 4. The van der Waals surface area contributed by atoms with Crippen LogP contribution in [0, 0.1) is 11.7 Å². The predicted octanol–water partition coefficient (Wildman–Crippen LogP) is 2.48. The highest BCUT2D eigenvalue weighted by molar-refractivity contribution is 7.17. The van der Waals surface area contributed by atoms with Gasteiger partial charge in [-0.3, -0.25) is 9.69 Å². The van der Waals surface area contributed by atoms with Gasteiger partial charge in [-0.05, 0) is 43.6 Å². The summed E-state index contributed by atoms with van der Waals surface area (Å²) >= 11 is 1.35. The molecule has 0 spiro atoms. The van der Waals surface area contributed by atoms with Crippen molar-refractivity contribution < 1.29 is 14.3 Å². The molecule has 1 aliphatic rings. The number of fused-ring (bicyclic) bond motifs is 1. The number of aromatic nitrogens is 3. The standard InChI is InChI=1S/C19H22FN5O2S/c1-2-14-22-19-25(23-14)18(27)16(28-19)15(12-4-3-5-13(20)10-12)24-8-6-11(7-9-24)17(21)26/h3-5,10-11,15,27H,2,6-9H2,1H3,(H2,21,26). The summed E-state index contributed by atoms with van der Waals surface area (Å²) in [5.41, 5.74) is 6.20. The summed E-state index contributed by atoms with van der Waals surface area (Å²) in [6.07, 6.45) is 1.96. The quantitative estimate of drug-likeness (QED) is 0.682. The maximum Gasteiger partial charge on any atom is 0.230 e. The maximum absolute atomic E-state index is 14.0. The normalized spacial score (nSPS) is 17.2. The van der Waals surface area contributed by atoms with E-state index in [-0.39, 0.29) is 29.6 Å². The highest BCUT2D eigenvalue weighted by atomic mass is 32.1. The lowest BCUT2D eigenvalue weighted by Gasteiger charge is -2.36. The molecule has 1 aliphatic heterocycles. The Hall–Kier alpha value is -2.52. The van der Waals surface area contributed by atoms with Gasteiger partial charge >= 0.3 is 0 Å². The summed E-state index contributed by atoms with van der Waals surface area (Å²) in [6, 6.07) is 6.05. The molecule has 1 saturated heterocycles. The van der Waals surface area contributed by atoms with Gasteiger partial charge in [-0.25, -0.2) is 9.37 Å². The molecular formula is C19H22FN5O2S. The molecule has 7 nitrogen and oxygen atoms in total. The van der Waals surface area contributed by atoms with Gasteiger partial charge in [0.15, 0.2) is 5.82 Å². The first-order valence-electron chi connectivity index (χ1n) is 9.34. The molecule has 1 amide bonds. The molecular weight excluding hydrogens is 381 g/mol. The second-order valence-electron chi connectivity index (χ2n) is 7.04. The molecule has 0 radical (unpaired) electrons. The average molecular weight is 403 g/mol. The van der Waals surface area contributed by atoms with Gasteiger partial charge in [-0.1, -0.05) is 30.4 Å². The van der Waals surface area contributed by atoms with Crippen molar-refractivity contribution in [2.45, 2.75) is 32.2 Å². The van der Waals surface area contributed by atoms with Crippen molar-refractivity contribution in [3.05, 3.63) is 46.3 Å². The molecule has 0 aliphatic carbocycles. The van der Waals surface area contributed by atoms with Crippen LogP contribution in [0.15, 0.2) is 24.3 Å². The number of aryl methyl sites for hydroxylation is 1. The van der Waals surface area contributed by atoms with Gasteiger partial charge in [-0.15, -0.1) is 5.10 Å². The Morgan fingerprint density at radius 2 is 2.18 bits per heavy atom. The van der Waals surface area contributed by atoms with Crippen LogP contribution in [0.4, 0.5) is 4.39 Å². The van der Waals surface area contributed by atoms with Crippen LogP contribution < -0.4 is 5.73 Å². The van der Waals surface area contributed by atoms with Crippen LogP contribution in [0.1, 0.15) is 42.1 Å². The highest BCUT2D eigenvalue weighted by Crippen LogP contribution is 2.41. The average Bonchev–Trinajstić information content (AvgIpc) is 3.22. The van der Waals surface area contributed by atoms with E-state index in [2.05, 4.69) is 15.0 Å². The number of amides is 1. The lowest BCUT2D eigenvalue weighted by molar-refractivity contribution is -0.123. The summed E-state index contributed by atoms with van der Waals surface area (Å²) < 4.78 is 15.4. The van der Waals surface area contributed by atoms with E-state index in [1.54, 1.807) is 6.07 Å². The first-order valence-corrected chi connectivity index (χ1v) is 10.2. The minimum atomic E-state index is -0.344. The number of carbonyl (C=O) groups is 1. The second-order valence-corrected chi connectivity index (χ2v) is 8.05. The molecule has 2 aromatic heterocycles. The fourth-order valence-electron chi connectivity index (χ4n) is 3.77. The van der Waals surface area contributed by atoms with Crippen molar-refractivity contribution in [2.24, 2.45) is 11.7 Å². The van der Waals surface area contributed by atoms with E-state index >= 15 is 0 Å². The van der Waals surface area contributed by atoms with E-state index in [1.807, 2.05) is 13.0 Å². The van der Waals surface area contributed by atoms with E-state index in [9.17, 15) is 14.3 Å². The van der Waals surface area contributed by atoms with Crippen LogP contribution in [0.2, 0.25) is 0 Å². The fraction of sp³-hybridized carbons (Fsp3) is 0.421. The minimum Gasteiger partial charge on any atom is -0.492 e. The number of hydrogen-bond acceptors (Lipinski definition) is 6. The van der Waals surface area contributed by atoms with E-state index in [0.717, 1.165) is 5.56 Å². The Balaban J connectivity index is 1.74. The van der Waals surface area contributed by atoms with Gasteiger partial charge in [0, 0.05) is 12.3 Å². The number of nitrogens with two attached hydrogens (primary N) is 1. The molecule has 3 aromatic rings. The van der Waals surface area contributed by atoms with Crippen molar-refractivity contribution in [3.63, 3.8) is 0 Å². The molecule has 4 rings (SSSR count). The van der Waals surface area contributed by atoms with Crippen LogP contribution in [0.5, 0.6) is 5.88 Å². The Morgan fingerprint density at radius 1 is 1.43 bits per heavy atom. The highest BCUT2D eigenvalue weighted by Gasteiger charge is 2.33. The Bertz CT molecular complexity index is 1010. The molecule has 3 heterocycles. The molecule has 1 unspecified atom stereocenters. The van der Waals surface area contributed by atoms with E-state index < -0.39 is 0 Å². The van der Waals surface area contributed by atoms with Crippen LogP contribution >= 0.6 is 11.3 Å². The number of halogens is 1. The number of benzene rings is 1. The van der Waals surface area contributed by atoms with Crippen molar-refractivity contribution in [1.82, 2.24) is 19.5 Å². The van der Waals surface area contributed by atoms with Gasteiger partial charge in [0.25, 0.3) is 0 Å². The SMILES string of the molecule is CCc1nc2sc(C(c3cccc(F)c3)N3CCC(C(N)=O)CC3)c(O)n2n1. The van der Waals surface area contributed by atoms with Crippen LogP contribution in [0.3, 0.4) is 0 Å². The molecule has 1 atom stereocenters. The molecule has 0 saturated carbocycles. The van der Waals surface area contributed by atoms with Gasteiger partial charge in [-0.2, -0.15) is 4.52 Å². The summed E-state index contributed by atoms with van der Waals surface area (Å²) in [6.45, 7) is 3.21. The largest absolute Gasteiger partial charge is 0.492 e. The minimum absolute atomic E-state index is 0.0264. The van der Waals surface area contributed by atoms with Crippen LogP contribution in [0.25, 0.3) is 4.96 Å². The lowest BCUT2D eigenvalue weighted by atomic mass is 9.93. The van der Waals surface area contributed by atoms with Crippen molar-refractivity contribution >= 4 is 22.2 Å². The maximum atomic E-state index is 14.0. The predicted molar refractivity (Wildman–Crippen MR) is 104 cm³/mol. The number of likely N-dealkylation sites (tertiary alicyclic amines) is 1.